The number of nitrogens with zero attached hydrogens (tertiary/aromatic N) is 1. The Bertz CT molecular complexity index is 86.2. The molecule has 0 heterocycles. The minimum absolute atomic E-state index is 0.220. The minimum atomic E-state index is -0.220. The lowest BCUT2D eigenvalue weighted by molar-refractivity contribution is 0.299. The van der Waals surface area contributed by atoms with Gasteiger partial charge < -0.3 is 10.6 Å². The van der Waals surface area contributed by atoms with E-state index < -0.39 is 0 Å². The van der Waals surface area contributed by atoms with Gasteiger partial charge in [-0.3, -0.25) is 4.39 Å². The normalized spacial score (nSPS) is 13.9. The number of alkyl halides is 1. The van der Waals surface area contributed by atoms with Gasteiger partial charge in [-0.2, -0.15) is 0 Å². The Morgan fingerprint density at radius 2 is 2.09 bits per heavy atom. The Labute approximate surface area is 68.6 Å². The van der Waals surface area contributed by atoms with Crippen molar-refractivity contribution in [3.05, 3.63) is 0 Å². The molecule has 0 fully saturated rings. The molecule has 2 nitrogen and oxygen atoms in total. The first-order valence-corrected chi connectivity index (χ1v) is 4.17. The summed E-state index contributed by atoms with van der Waals surface area (Å²) in [6.07, 6.45) is 1.62. The maximum absolute atomic E-state index is 11.7. The summed E-state index contributed by atoms with van der Waals surface area (Å²) in [5.74, 6) is 0. The van der Waals surface area contributed by atoms with Crippen molar-refractivity contribution in [2.75, 3.05) is 26.8 Å². The fourth-order valence-corrected chi connectivity index (χ4v) is 0.866. The van der Waals surface area contributed by atoms with Crippen LogP contribution >= 0.6 is 0 Å². The molecule has 1 unspecified atom stereocenters. The molecule has 0 rings (SSSR count). The topological polar surface area (TPSA) is 29.3 Å². The lowest BCUT2D eigenvalue weighted by atomic mass is 10.2. The Morgan fingerprint density at radius 1 is 1.45 bits per heavy atom. The third-order valence-corrected chi connectivity index (χ3v) is 1.64. The van der Waals surface area contributed by atoms with Crippen LogP contribution in [0.1, 0.15) is 19.8 Å². The van der Waals surface area contributed by atoms with Crippen molar-refractivity contribution in [1.29, 1.82) is 0 Å². The van der Waals surface area contributed by atoms with Crippen LogP contribution in [0.5, 0.6) is 0 Å². The van der Waals surface area contributed by atoms with Crippen molar-refractivity contribution in [1.82, 2.24) is 4.90 Å². The molecular formula is C8H19FN2. The van der Waals surface area contributed by atoms with Crippen LogP contribution in [0.15, 0.2) is 0 Å². The predicted octanol–water partition coefficient (Wildman–Crippen LogP) is 1.02. The molecule has 0 saturated heterocycles. The number of hydrogen-bond acceptors (Lipinski definition) is 2. The second kappa shape index (κ2) is 6.55. The van der Waals surface area contributed by atoms with Crippen molar-refractivity contribution in [3.63, 3.8) is 0 Å². The lowest BCUT2D eigenvalue weighted by Crippen LogP contribution is -2.27. The van der Waals surface area contributed by atoms with E-state index in [4.69, 9.17) is 5.73 Å². The molecule has 11 heavy (non-hydrogen) atoms. The zero-order chi connectivity index (χ0) is 8.69. The molecule has 1 atom stereocenters. The average molecular weight is 162 g/mol. The molecule has 0 aliphatic carbocycles. The van der Waals surface area contributed by atoms with Gasteiger partial charge in [-0.15, -0.1) is 0 Å². The SMILES string of the molecule is CC(N)CCN(C)CCCF. The van der Waals surface area contributed by atoms with Gasteiger partial charge in [0, 0.05) is 12.6 Å². The summed E-state index contributed by atoms with van der Waals surface area (Å²) in [7, 11) is 2.00. The fourth-order valence-electron chi connectivity index (χ4n) is 0.866. The van der Waals surface area contributed by atoms with Gasteiger partial charge in [-0.1, -0.05) is 0 Å². The maximum atomic E-state index is 11.7. The molecule has 0 saturated carbocycles. The summed E-state index contributed by atoms with van der Waals surface area (Å²) in [6.45, 7) is 3.58. The summed E-state index contributed by atoms with van der Waals surface area (Å²) < 4.78 is 11.7. The molecule has 0 aromatic carbocycles. The summed E-state index contributed by atoms with van der Waals surface area (Å²) in [5.41, 5.74) is 5.57. The Morgan fingerprint density at radius 3 is 2.55 bits per heavy atom. The van der Waals surface area contributed by atoms with Gasteiger partial charge >= 0.3 is 0 Å². The lowest BCUT2D eigenvalue weighted by Gasteiger charge is -2.16. The van der Waals surface area contributed by atoms with Crippen LogP contribution < -0.4 is 5.73 Å². The molecule has 0 bridgehead atoms. The number of halogens is 1. The zero-order valence-electron chi connectivity index (χ0n) is 7.52. The number of hydrogen-bond donors (Lipinski definition) is 1. The Kier molecular flexibility index (Phi) is 6.46. The second-order valence-electron chi connectivity index (χ2n) is 3.11. The summed E-state index contributed by atoms with van der Waals surface area (Å²) in [5, 5.41) is 0. The van der Waals surface area contributed by atoms with Crippen molar-refractivity contribution < 1.29 is 4.39 Å². The predicted molar refractivity (Wildman–Crippen MR) is 46.4 cm³/mol. The summed E-state index contributed by atoms with van der Waals surface area (Å²) in [4.78, 5) is 2.11. The van der Waals surface area contributed by atoms with E-state index >= 15 is 0 Å². The monoisotopic (exact) mass is 162 g/mol. The van der Waals surface area contributed by atoms with E-state index in [2.05, 4.69) is 4.90 Å². The van der Waals surface area contributed by atoms with E-state index in [-0.39, 0.29) is 12.7 Å². The van der Waals surface area contributed by atoms with Gasteiger partial charge in [0.15, 0.2) is 0 Å². The quantitative estimate of drug-likeness (QED) is 0.631. The van der Waals surface area contributed by atoms with Crippen LogP contribution in [0.2, 0.25) is 0 Å². The van der Waals surface area contributed by atoms with Crippen molar-refractivity contribution in [2.45, 2.75) is 25.8 Å². The highest BCUT2D eigenvalue weighted by molar-refractivity contribution is 4.57. The molecule has 0 aromatic heterocycles. The molecule has 2 N–H and O–H groups in total. The average Bonchev–Trinajstić information content (AvgIpc) is 1.97. The number of rotatable bonds is 6. The molecule has 3 heteroatoms. The third kappa shape index (κ3) is 7.75. The third-order valence-electron chi connectivity index (χ3n) is 1.64. The molecule has 0 amide bonds. The molecule has 0 radical (unpaired) electrons. The molecular weight excluding hydrogens is 143 g/mol. The van der Waals surface area contributed by atoms with E-state index in [9.17, 15) is 4.39 Å². The summed E-state index contributed by atoms with van der Waals surface area (Å²) in [6, 6.07) is 0.253. The van der Waals surface area contributed by atoms with E-state index in [0.717, 1.165) is 19.5 Å². The highest BCUT2D eigenvalue weighted by atomic mass is 19.1. The van der Waals surface area contributed by atoms with Crippen molar-refractivity contribution in [3.8, 4) is 0 Å². The molecule has 0 spiro atoms. The van der Waals surface area contributed by atoms with Crippen LogP contribution in [0.3, 0.4) is 0 Å². The van der Waals surface area contributed by atoms with Crippen molar-refractivity contribution >= 4 is 0 Å². The first kappa shape index (κ1) is 10.8. The van der Waals surface area contributed by atoms with Crippen LogP contribution in [0.4, 0.5) is 4.39 Å². The second-order valence-corrected chi connectivity index (χ2v) is 3.11. The fraction of sp³-hybridized carbons (Fsp3) is 1.00. The van der Waals surface area contributed by atoms with E-state index in [0.29, 0.717) is 6.42 Å². The molecule has 0 aliphatic rings. The molecule has 0 aromatic rings. The van der Waals surface area contributed by atoms with Crippen LogP contribution in [-0.4, -0.2) is 37.8 Å². The first-order chi connectivity index (χ1) is 5.16. The van der Waals surface area contributed by atoms with Gasteiger partial charge in [0.2, 0.25) is 0 Å². The van der Waals surface area contributed by atoms with Gasteiger partial charge in [-0.25, -0.2) is 0 Å². The highest BCUT2D eigenvalue weighted by Gasteiger charge is 1.99. The molecule has 68 valence electrons. The number of nitrogens with two attached hydrogens (primary N) is 1. The smallest absolute Gasteiger partial charge is 0.0906 e. The van der Waals surface area contributed by atoms with Gasteiger partial charge in [0.1, 0.15) is 0 Å². The summed E-state index contributed by atoms with van der Waals surface area (Å²) >= 11 is 0. The maximum Gasteiger partial charge on any atom is 0.0906 e. The first-order valence-electron chi connectivity index (χ1n) is 4.17. The van der Waals surface area contributed by atoms with E-state index in [1.54, 1.807) is 0 Å². The molecule has 0 aliphatic heterocycles. The van der Waals surface area contributed by atoms with Gasteiger partial charge in [0.25, 0.3) is 0 Å². The zero-order valence-corrected chi connectivity index (χ0v) is 7.52. The minimum Gasteiger partial charge on any atom is -0.328 e. The Balaban J connectivity index is 3.15. The van der Waals surface area contributed by atoms with Crippen LogP contribution in [-0.2, 0) is 0 Å². The standard InChI is InChI=1S/C8H19FN2/c1-8(10)4-7-11(2)6-3-5-9/h8H,3-7,10H2,1-2H3. The highest BCUT2D eigenvalue weighted by Crippen LogP contribution is 1.92. The van der Waals surface area contributed by atoms with Gasteiger partial charge in [0.05, 0.1) is 6.67 Å². The Hall–Kier alpha value is -0.150. The van der Waals surface area contributed by atoms with Crippen LogP contribution in [0.25, 0.3) is 0 Å². The van der Waals surface area contributed by atoms with E-state index in [1.165, 1.54) is 0 Å². The van der Waals surface area contributed by atoms with Crippen molar-refractivity contribution in [2.24, 2.45) is 5.73 Å². The van der Waals surface area contributed by atoms with Gasteiger partial charge in [-0.05, 0) is 33.4 Å². The van der Waals surface area contributed by atoms with E-state index in [1.807, 2.05) is 14.0 Å². The van der Waals surface area contributed by atoms with Crippen LogP contribution in [0, 0.1) is 0 Å². The largest absolute Gasteiger partial charge is 0.328 e.